The minimum absolute atomic E-state index is 0.226. The first-order valence-corrected chi connectivity index (χ1v) is 7.72. The van der Waals surface area contributed by atoms with Crippen LogP contribution in [0.2, 0.25) is 0 Å². The third-order valence-electron chi connectivity index (χ3n) is 4.50. The molecule has 0 bridgehead atoms. The second-order valence-corrected chi connectivity index (χ2v) is 6.02. The third-order valence-corrected chi connectivity index (χ3v) is 4.50. The minimum Gasteiger partial charge on any atom is -0.394 e. The van der Waals surface area contributed by atoms with Crippen molar-refractivity contribution in [3.8, 4) is 0 Å². The Balaban J connectivity index is 1.68. The highest BCUT2D eigenvalue weighted by Crippen LogP contribution is 2.32. The van der Waals surface area contributed by atoms with Crippen molar-refractivity contribution in [1.29, 1.82) is 0 Å². The summed E-state index contributed by atoms with van der Waals surface area (Å²) >= 11 is 0. The lowest BCUT2D eigenvalue weighted by atomic mass is 10.2. The molecular weight excluding hydrogens is 302 g/mol. The molecule has 2 aromatic rings. The molecule has 2 aromatic heterocycles. The van der Waals surface area contributed by atoms with Gasteiger partial charge in [0.05, 0.1) is 25.1 Å². The van der Waals surface area contributed by atoms with Crippen LogP contribution in [-0.4, -0.2) is 72.8 Å². The summed E-state index contributed by atoms with van der Waals surface area (Å²) in [4.78, 5) is 15.0. The average molecular weight is 321 g/mol. The van der Waals surface area contributed by atoms with Gasteiger partial charge in [0.1, 0.15) is 18.7 Å². The lowest BCUT2D eigenvalue weighted by Crippen LogP contribution is -2.24. The van der Waals surface area contributed by atoms with Crippen LogP contribution >= 0.6 is 0 Å². The Bertz CT molecular complexity index is 708. The molecule has 2 fully saturated rings. The van der Waals surface area contributed by atoms with Gasteiger partial charge in [-0.05, 0) is 6.42 Å². The number of β-amino-alcohol motifs (C(OH)–C–C–N with tert-alkyl or cyclic N) is 1. The topological polar surface area (TPSA) is 117 Å². The highest BCUT2D eigenvalue weighted by atomic mass is 16.5. The van der Waals surface area contributed by atoms with Gasteiger partial charge in [-0.2, -0.15) is 0 Å². The molecule has 0 saturated carbocycles. The smallest absolute Gasteiger partial charge is 0.167 e. The maximum atomic E-state index is 9.90. The predicted molar refractivity (Wildman–Crippen MR) is 79.8 cm³/mol. The zero-order chi connectivity index (χ0) is 16.0. The molecule has 0 amide bonds. The summed E-state index contributed by atoms with van der Waals surface area (Å²) in [6.45, 7) is 1.03. The van der Waals surface area contributed by atoms with Crippen LogP contribution < -0.4 is 4.90 Å². The summed E-state index contributed by atoms with van der Waals surface area (Å²) in [7, 11) is 0. The molecule has 4 rings (SSSR count). The maximum Gasteiger partial charge on any atom is 0.167 e. The Labute approximate surface area is 132 Å². The van der Waals surface area contributed by atoms with Gasteiger partial charge in [0.25, 0.3) is 0 Å². The standard InChI is InChI=1S/C14H19N5O4/c20-5-10-9(22)3-11(23-10)19-7-17-12-13(15-6-16-14(12)19)18-2-1-8(21)4-18/h6-11,20-22H,1-5H2/t8-,9+,10+,11+/m0/s1. The van der Waals surface area contributed by atoms with Crippen molar-refractivity contribution in [3.05, 3.63) is 12.7 Å². The number of ether oxygens (including phenoxy) is 1. The van der Waals surface area contributed by atoms with E-state index in [1.165, 1.54) is 6.33 Å². The number of aromatic nitrogens is 4. The first kappa shape index (κ1) is 14.8. The fourth-order valence-electron chi connectivity index (χ4n) is 3.27. The van der Waals surface area contributed by atoms with Crippen LogP contribution in [0.1, 0.15) is 19.1 Å². The number of nitrogens with zero attached hydrogens (tertiary/aromatic N) is 5. The molecule has 2 saturated heterocycles. The first-order valence-electron chi connectivity index (χ1n) is 7.72. The number of imidazole rings is 1. The van der Waals surface area contributed by atoms with Crippen LogP contribution in [0.4, 0.5) is 5.82 Å². The van der Waals surface area contributed by atoms with Crippen LogP contribution in [-0.2, 0) is 4.74 Å². The van der Waals surface area contributed by atoms with E-state index in [1.807, 2.05) is 4.90 Å². The monoisotopic (exact) mass is 321 g/mol. The van der Waals surface area contributed by atoms with Crippen LogP contribution in [0, 0.1) is 0 Å². The molecule has 4 atom stereocenters. The van der Waals surface area contributed by atoms with E-state index >= 15 is 0 Å². The quantitative estimate of drug-likeness (QED) is 0.662. The van der Waals surface area contributed by atoms with Crippen LogP contribution in [0.3, 0.4) is 0 Å². The van der Waals surface area contributed by atoms with Crippen molar-refractivity contribution in [2.45, 2.75) is 37.4 Å². The highest BCUT2D eigenvalue weighted by molar-refractivity contribution is 5.83. The van der Waals surface area contributed by atoms with Crippen molar-refractivity contribution < 1.29 is 20.1 Å². The van der Waals surface area contributed by atoms with E-state index in [-0.39, 0.29) is 12.7 Å². The summed E-state index contributed by atoms with van der Waals surface area (Å²) in [5, 5.41) is 28.8. The molecule has 9 nitrogen and oxygen atoms in total. The largest absolute Gasteiger partial charge is 0.394 e. The van der Waals surface area contributed by atoms with Gasteiger partial charge in [-0.15, -0.1) is 0 Å². The van der Waals surface area contributed by atoms with E-state index in [2.05, 4.69) is 15.0 Å². The van der Waals surface area contributed by atoms with Gasteiger partial charge in [0.15, 0.2) is 17.0 Å². The van der Waals surface area contributed by atoms with Crippen molar-refractivity contribution in [2.24, 2.45) is 0 Å². The van der Waals surface area contributed by atoms with Crippen LogP contribution in [0.25, 0.3) is 11.2 Å². The Morgan fingerprint density at radius 2 is 2.13 bits per heavy atom. The van der Waals surface area contributed by atoms with Crippen LogP contribution in [0.15, 0.2) is 12.7 Å². The highest BCUT2D eigenvalue weighted by Gasteiger charge is 2.35. The van der Waals surface area contributed by atoms with Gasteiger partial charge in [-0.1, -0.05) is 0 Å². The number of anilines is 1. The molecule has 124 valence electrons. The summed E-state index contributed by atoms with van der Waals surface area (Å²) in [5.41, 5.74) is 1.26. The van der Waals surface area contributed by atoms with E-state index in [4.69, 9.17) is 4.74 Å². The molecule has 0 aliphatic carbocycles. The van der Waals surface area contributed by atoms with Gasteiger partial charge < -0.3 is 25.0 Å². The van der Waals surface area contributed by atoms with E-state index in [0.29, 0.717) is 36.4 Å². The molecule has 23 heavy (non-hydrogen) atoms. The second-order valence-electron chi connectivity index (χ2n) is 6.02. The normalized spacial score (nSPS) is 31.3. The number of hydrogen-bond donors (Lipinski definition) is 3. The van der Waals surface area contributed by atoms with Gasteiger partial charge in [-0.3, -0.25) is 4.57 Å². The third kappa shape index (κ3) is 2.45. The van der Waals surface area contributed by atoms with E-state index in [1.54, 1.807) is 10.9 Å². The Morgan fingerprint density at radius 3 is 2.83 bits per heavy atom. The maximum absolute atomic E-state index is 9.90. The summed E-state index contributed by atoms with van der Waals surface area (Å²) in [6.07, 6.45) is 2.10. The molecular formula is C14H19N5O4. The number of aliphatic hydroxyl groups is 3. The Morgan fingerprint density at radius 1 is 1.26 bits per heavy atom. The number of fused-ring (bicyclic) bond motifs is 1. The molecule has 0 aromatic carbocycles. The molecule has 0 radical (unpaired) electrons. The molecule has 4 heterocycles. The minimum atomic E-state index is -0.711. The lowest BCUT2D eigenvalue weighted by molar-refractivity contribution is -0.0432. The number of hydrogen-bond acceptors (Lipinski definition) is 8. The van der Waals surface area contributed by atoms with Gasteiger partial charge >= 0.3 is 0 Å². The molecule has 0 unspecified atom stereocenters. The zero-order valence-corrected chi connectivity index (χ0v) is 12.5. The number of aliphatic hydroxyl groups excluding tert-OH is 3. The molecule has 2 aliphatic heterocycles. The molecule has 3 N–H and O–H groups in total. The molecule has 9 heteroatoms. The summed E-state index contributed by atoms with van der Waals surface area (Å²) in [5.74, 6) is 0.697. The molecule has 0 spiro atoms. The lowest BCUT2D eigenvalue weighted by Gasteiger charge is -2.17. The Hall–Kier alpha value is -1.81. The fraction of sp³-hybridized carbons (Fsp3) is 0.643. The SMILES string of the molecule is OC[C@H]1O[C@@H](n2cnc3c(N4CC[C@H](O)C4)ncnc32)C[C@H]1O. The second kappa shape index (κ2) is 5.68. The van der Waals surface area contributed by atoms with E-state index < -0.39 is 18.4 Å². The van der Waals surface area contributed by atoms with E-state index in [9.17, 15) is 15.3 Å². The number of rotatable bonds is 3. The predicted octanol–water partition coefficient (Wildman–Crippen LogP) is -0.962. The van der Waals surface area contributed by atoms with Crippen molar-refractivity contribution in [1.82, 2.24) is 19.5 Å². The summed E-state index contributed by atoms with van der Waals surface area (Å²) in [6, 6.07) is 0. The first-order chi connectivity index (χ1) is 11.2. The average Bonchev–Trinajstić information content (AvgIpc) is 3.24. The fourth-order valence-corrected chi connectivity index (χ4v) is 3.27. The van der Waals surface area contributed by atoms with Crippen molar-refractivity contribution in [3.63, 3.8) is 0 Å². The van der Waals surface area contributed by atoms with Gasteiger partial charge in [0, 0.05) is 19.5 Å². The zero-order valence-electron chi connectivity index (χ0n) is 12.5. The van der Waals surface area contributed by atoms with Crippen LogP contribution in [0.5, 0.6) is 0 Å². The van der Waals surface area contributed by atoms with Crippen molar-refractivity contribution >= 4 is 17.0 Å². The molecule has 2 aliphatic rings. The van der Waals surface area contributed by atoms with E-state index in [0.717, 1.165) is 6.54 Å². The van der Waals surface area contributed by atoms with Crippen molar-refractivity contribution in [2.75, 3.05) is 24.6 Å². The summed E-state index contributed by atoms with van der Waals surface area (Å²) < 4.78 is 7.42. The Kier molecular flexibility index (Phi) is 3.64. The van der Waals surface area contributed by atoms with Gasteiger partial charge in [0.2, 0.25) is 0 Å². The van der Waals surface area contributed by atoms with Gasteiger partial charge in [-0.25, -0.2) is 15.0 Å².